The Bertz CT molecular complexity index is 536. The van der Waals surface area contributed by atoms with Crippen LogP contribution in [0.4, 0.5) is 0 Å². The highest BCUT2D eigenvalue weighted by molar-refractivity contribution is 7.89. The minimum absolute atomic E-state index is 0. The number of sulfonamides is 1. The number of hydrogen-bond donors (Lipinski definition) is 2. The molecule has 1 heterocycles. The molecule has 108 valence electrons. The van der Waals surface area contributed by atoms with Crippen LogP contribution in [-0.2, 0) is 10.0 Å². The molecular formula is C10H12Cl4N2O2S. The van der Waals surface area contributed by atoms with Gasteiger partial charge in [0.05, 0.1) is 10.0 Å². The predicted molar refractivity (Wildman–Crippen MR) is 80.3 cm³/mol. The third-order valence-electron chi connectivity index (χ3n) is 2.61. The summed E-state index contributed by atoms with van der Waals surface area (Å²) in [5, 5.41) is 3.41. The second kappa shape index (κ2) is 6.80. The Labute approximate surface area is 133 Å². The quantitative estimate of drug-likeness (QED) is 0.865. The van der Waals surface area contributed by atoms with Gasteiger partial charge >= 0.3 is 0 Å². The minimum Gasteiger partial charge on any atom is -0.315 e. The van der Waals surface area contributed by atoms with E-state index in [9.17, 15) is 8.42 Å². The van der Waals surface area contributed by atoms with Gasteiger partial charge in [-0.05, 0) is 25.1 Å². The number of halogens is 4. The summed E-state index contributed by atoms with van der Waals surface area (Å²) in [5.41, 5.74) is 0. The summed E-state index contributed by atoms with van der Waals surface area (Å²) >= 11 is 17.6. The van der Waals surface area contributed by atoms with Gasteiger partial charge in [-0.1, -0.05) is 34.8 Å². The van der Waals surface area contributed by atoms with E-state index < -0.39 is 10.0 Å². The summed E-state index contributed by atoms with van der Waals surface area (Å²) in [6, 6.07) is 2.57. The molecule has 0 radical (unpaired) electrons. The molecule has 1 aromatic rings. The molecule has 1 fully saturated rings. The summed E-state index contributed by atoms with van der Waals surface area (Å²) in [6.07, 6.45) is 0.738. The summed E-state index contributed by atoms with van der Waals surface area (Å²) < 4.78 is 27.0. The number of nitrogens with one attached hydrogen (secondary N) is 2. The van der Waals surface area contributed by atoms with E-state index in [-0.39, 0.29) is 33.4 Å². The maximum absolute atomic E-state index is 12.2. The summed E-state index contributed by atoms with van der Waals surface area (Å²) in [6.45, 7) is 1.39. The molecule has 0 bridgehead atoms. The average Bonchev–Trinajstić information content (AvgIpc) is 2.66. The molecule has 1 unspecified atom stereocenters. The number of hydrogen-bond acceptors (Lipinski definition) is 3. The SMILES string of the molecule is Cl.O=S(=O)(NC1CCNC1)c1c(Cl)cc(Cl)cc1Cl. The van der Waals surface area contributed by atoms with Crippen LogP contribution in [0.2, 0.25) is 15.1 Å². The second-order valence-corrected chi connectivity index (χ2v) is 6.91. The van der Waals surface area contributed by atoms with Crippen LogP contribution in [0, 0.1) is 0 Å². The lowest BCUT2D eigenvalue weighted by Crippen LogP contribution is -2.36. The molecule has 2 N–H and O–H groups in total. The van der Waals surface area contributed by atoms with Gasteiger partial charge in [-0.25, -0.2) is 13.1 Å². The summed E-state index contributed by atoms with van der Waals surface area (Å²) in [4.78, 5) is -0.123. The van der Waals surface area contributed by atoms with Crippen molar-refractivity contribution in [1.29, 1.82) is 0 Å². The molecule has 0 saturated carbocycles. The molecule has 1 saturated heterocycles. The van der Waals surface area contributed by atoms with E-state index in [4.69, 9.17) is 34.8 Å². The molecule has 19 heavy (non-hydrogen) atoms. The molecule has 9 heteroatoms. The minimum atomic E-state index is -3.73. The Morgan fingerprint density at radius 2 is 1.79 bits per heavy atom. The molecule has 1 aromatic carbocycles. The van der Waals surface area contributed by atoms with Crippen LogP contribution in [0.3, 0.4) is 0 Å². The zero-order valence-corrected chi connectivity index (χ0v) is 13.5. The van der Waals surface area contributed by atoms with Crippen molar-refractivity contribution in [2.45, 2.75) is 17.4 Å². The van der Waals surface area contributed by atoms with Crippen LogP contribution >= 0.6 is 47.2 Å². The monoisotopic (exact) mass is 364 g/mol. The van der Waals surface area contributed by atoms with Crippen LogP contribution in [0.1, 0.15) is 6.42 Å². The molecular weight excluding hydrogens is 354 g/mol. The lowest BCUT2D eigenvalue weighted by atomic mass is 10.3. The first-order valence-electron chi connectivity index (χ1n) is 5.28. The molecule has 1 aliphatic heterocycles. The van der Waals surface area contributed by atoms with E-state index in [1.807, 2.05) is 0 Å². The van der Waals surface area contributed by atoms with Gasteiger partial charge < -0.3 is 5.32 Å². The van der Waals surface area contributed by atoms with Gasteiger partial charge in [-0.2, -0.15) is 0 Å². The molecule has 0 aromatic heterocycles. The van der Waals surface area contributed by atoms with E-state index >= 15 is 0 Å². The van der Waals surface area contributed by atoms with E-state index in [1.165, 1.54) is 12.1 Å². The van der Waals surface area contributed by atoms with Crippen molar-refractivity contribution in [2.24, 2.45) is 0 Å². The van der Waals surface area contributed by atoms with Crippen LogP contribution in [0.25, 0.3) is 0 Å². The Morgan fingerprint density at radius 1 is 1.21 bits per heavy atom. The van der Waals surface area contributed by atoms with Crippen LogP contribution < -0.4 is 10.0 Å². The Morgan fingerprint density at radius 3 is 2.26 bits per heavy atom. The number of rotatable bonds is 3. The highest BCUT2D eigenvalue weighted by Crippen LogP contribution is 2.32. The number of benzene rings is 1. The molecule has 0 amide bonds. The molecule has 4 nitrogen and oxygen atoms in total. The molecule has 1 aliphatic rings. The van der Waals surface area contributed by atoms with Crippen molar-refractivity contribution in [2.75, 3.05) is 13.1 Å². The summed E-state index contributed by atoms with van der Waals surface area (Å²) in [5.74, 6) is 0. The van der Waals surface area contributed by atoms with Gasteiger partial charge in [-0.15, -0.1) is 12.4 Å². The second-order valence-electron chi connectivity index (χ2n) is 4.01. The third-order valence-corrected chi connectivity index (χ3v) is 5.27. The van der Waals surface area contributed by atoms with E-state index in [0.717, 1.165) is 13.0 Å². The maximum atomic E-state index is 12.2. The highest BCUT2D eigenvalue weighted by atomic mass is 35.5. The van der Waals surface area contributed by atoms with Gasteiger partial charge in [0.2, 0.25) is 10.0 Å². The normalized spacial score (nSPS) is 19.2. The van der Waals surface area contributed by atoms with Gasteiger partial charge in [0.15, 0.2) is 0 Å². The fourth-order valence-corrected chi connectivity index (χ4v) is 4.63. The van der Waals surface area contributed by atoms with Crippen LogP contribution in [0.5, 0.6) is 0 Å². The Hall–Kier alpha value is 0.250. The standard InChI is InChI=1S/C10H11Cl3N2O2S.ClH/c11-6-3-8(12)10(9(13)4-6)18(16,17)15-7-1-2-14-5-7;/h3-4,7,14-15H,1-2,5H2;1H. The van der Waals surface area contributed by atoms with Crippen molar-refractivity contribution < 1.29 is 8.42 Å². The van der Waals surface area contributed by atoms with Crippen LogP contribution in [0.15, 0.2) is 17.0 Å². The smallest absolute Gasteiger partial charge is 0.243 e. The lowest BCUT2D eigenvalue weighted by molar-refractivity contribution is 0.560. The largest absolute Gasteiger partial charge is 0.315 e. The fraction of sp³-hybridized carbons (Fsp3) is 0.400. The topological polar surface area (TPSA) is 58.2 Å². The van der Waals surface area contributed by atoms with E-state index in [2.05, 4.69) is 10.0 Å². The van der Waals surface area contributed by atoms with Crippen molar-refractivity contribution in [3.05, 3.63) is 27.2 Å². The van der Waals surface area contributed by atoms with Crippen molar-refractivity contribution in [3.8, 4) is 0 Å². The lowest BCUT2D eigenvalue weighted by Gasteiger charge is -2.14. The third kappa shape index (κ3) is 4.11. The first-order valence-corrected chi connectivity index (χ1v) is 7.89. The maximum Gasteiger partial charge on any atom is 0.243 e. The van der Waals surface area contributed by atoms with Gasteiger partial charge in [0, 0.05) is 17.6 Å². The molecule has 0 aliphatic carbocycles. The van der Waals surface area contributed by atoms with Gasteiger partial charge in [-0.3, -0.25) is 0 Å². The predicted octanol–water partition coefficient (Wildman–Crippen LogP) is 2.71. The first kappa shape index (κ1) is 17.3. The average molecular weight is 366 g/mol. The highest BCUT2D eigenvalue weighted by Gasteiger charge is 2.27. The first-order chi connectivity index (χ1) is 8.40. The molecule has 1 atom stereocenters. The zero-order valence-electron chi connectivity index (χ0n) is 9.62. The fourth-order valence-electron chi connectivity index (χ4n) is 1.82. The molecule has 0 spiro atoms. The summed E-state index contributed by atoms with van der Waals surface area (Å²) in [7, 11) is -3.73. The zero-order chi connectivity index (χ0) is 13.3. The van der Waals surface area contributed by atoms with Gasteiger partial charge in [0.1, 0.15) is 4.90 Å². The van der Waals surface area contributed by atoms with Crippen molar-refractivity contribution >= 4 is 57.2 Å². The molecule has 2 rings (SSSR count). The van der Waals surface area contributed by atoms with Gasteiger partial charge in [0.25, 0.3) is 0 Å². The van der Waals surface area contributed by atoms with Crippen molar-refractivity contribution in [1.82, 2.24) is 10.0 Å². The van der Waals surface area contributed by atoms with E-state index in [0.29, 0.717) is 11.6 Å². The van der Waals surface area contributed by atoms with E-state index in [1.54, 1.807) is 0 Å². The van der Waals surface area contributed by atoms with Crippen molar-refractivity contribution in [3.63, 3.8) is 0 Å². The van der Waals surface area contributed by atoms with Crippen LogP contribution in [-0.4, -0.2) is 27.5 Å². The Balaban J connectivity index is 0.00000180. The Kier molecular flexibility index (Phi) is 6.20.